The van der Waals surface area contributed by atoms with Gasteiger partial charge in [-0.05, 0) is 42.3 Å². The topological polar surface area (TPSA) is 54.9 Å². The van der Waals surface area contributed by atoms with Crippen LogP contribution in [0.25, 0.3) is 5.57 Å². The standard InChI is InChI=1S/C15H12F3N3O/c1-10(8-14(22)20-13-6-3-7-19-21-13)11-4-2-5-12(9-11)15(16,17)18/h2-9H,1H3,(H,20,21,22)/b10-8+. The molecule has 22 heavy (non-hydrogen) atoms. The predicted molar refractivity (Wildman–Crippen MR) is 75.8 cm³/mol. The molecule has 2 rings (SSSR count). The number of nitrogens with one attached hydrogen (secondary N) is 1. The molecule has 0 unspecified atom stereocenters. The maximum absolute atomic E-state index is 12.7. The lowest BCUT2D eigenvalue weighted by Crippen LogP contribution is -2.10. The minimum atomic E-state index is -4.42. The van der Waals surface area contributed by atoms with E-state index in [9.17, 15) is 18.0 Å². The summed E-state index contributed by atoms with van der Waals surface area (Å²) in [5.74, 6) is -0.226. The average Bonchev–Trinajstić information content (AvgIpc) is 2.47. The predicted octanol–water partition coefficient (Wildman–Crippen LogP) is 3.54. The Kier molecular flexibility index (Phi) is 4.55. The van der Waals surface area contributed by atoms with Gasteiger partial charge in [0.25, 0.3) is 0 Å². The van der Waals surface area contributed by atoms with Crippen LogP contribution < -0.4 is 5.32 Å². The third-order valence-electron chi connectivity index (χ3n) is 2.82. The molecule has 0 radical (unpaired) electrons. The van der Waals surface area contributed by atoms with Crippen molar-refractivity contribution < 1.29 is 18.0 Å². The third-order valence-corrected chi connectivity index (χ3v) is 2.82. The molecule has 0 aliphatic rings. The van der Waals surface area contributed by atoms with Gasteiger partial charge in [0.1, 0.15) is 0 Å². The molecule has 0 atom stereocenters. The van der Waals surface area contributed by atoms with Gasteiger partial charge in [0.05, 0.1) is 5.56 Å². The fourth-order valence-electron chi connectivity index (χ4n) is 1.75. The number of hydrogen-bond donors (Lipinski definition) is 1. The quantitative estimate of drug-likeness (QED) is 0.882. The Bertz CT molecular complexity index is 697. The Balaban J connectivity index is 2.17. The molecule has 0 bridgehead atoms. The molecule has 0 saturated carbocycles. The molecule has 7 heteroatoms. The Morgan fingerprint density at radius 2 is 2.00 bits per heavy atom. The van der Waals surface area contributed by atoms with E-state index < -0.39 is 17.6 Å². The van der Waals surface area contributed by atoms with Crippen molar-refractivity contribution in [1.29, 1.82) is 0 Å². The number of carbonyl (C=O) groups is 1. The van der Waals surface area contributed by atoms with Crippen LogP contribution in [0, 0.1) is 0 Å². The van der Waals surface area contributed by atoms with Crippen molar-refractivity contribution in [1.82, 2.24) is 10.2 Å². The zero-order valence-corrected chi connectivity index (χ0v) is 11.6. The molecule has 0 saturated heterocycles. The van der Waals surface area contributed by atoms with Gasteiger partial charge in [-0.1, -0.05) is 12.1 Å². The summed E-state index contributed by atoms with van der Waals surface area (Å²) in [7, 11) is 0. The summed E-state index contributed by atoms with van der Waals surface area (Å²) in [5, 5.41) is 9.76. The number of amides is 1. The highest BCUT2D eigenvalue weighted by Crippen LogP contribution is 2.30. The van der Waals surface area contributed by atoms with Gasteiger partial charge in [-0.25, -0.2) is 0 Å². The maximum Gasteiger partial charge on any atom is 0.416 e. The van der Waals surface area contributed by atoms with Crippen LogP contribution in [-0.4, -0.2) is 16.1 Å². The van der Waals surface area contributed by atoms with E-state index >= 15 is 0 Å². The Morgan fingerprint density at radius 3 is 2.64 bits per heavy atom. The number of aromatic nitrogens is 2. The highest BCUT2D eigenvalue weighted by molar-refractivity contribution is 6.03. The fraction of sp³-hybridized carbons (Fsp3) is 0.133. The van der Waals surface area contributed by atoms with Crippen LogP contribution in [0.2, 0.25) is 0 Å². The minimum absolute atomic E-state index is 0.264. The third kappa shape index (κ3) is 4.15. The zero-order chi connectivity index (χ0) is 16.2. The largest absolute Gasteiger partial charge is 0.416 e. The highest BCUT2D eigenvalue weighted by Gasteiger charge is 2.30. The number of halogens is 3. The Morgan fingerprint density at radius 1 is 1.23 bits per heavy atom. The number of rotatable bonds is 3. The Labute approximate surface area is 124 Å². The summed E-state index contributed by atoms with van der Waals surface area (Å²) in [6, 6.07) is 7.95. The molecule has 114 valence electrons. The van der Waals surface area contributed by atoms with Crippen molar-refractivity contribution in [3.8, 4) is 0 Å². The van der Waals surface area contributed by atoms with Crippen LogP contribution >= 0.6 is 0 Å². The number of nitrogens with zero attached hydrogens (tertiary/aromatic N) is 2. The molecule has 1 heterocycles. The molecule has 4 nitrogen and oxygen atoms in total. The average molecular weight is 307 g/mol. The van der Waals surface area contributed by atoms with Crippen LogP contribution in [0.1, 0.15) is 18.1 Å². The first-order valence-corrected chi connectivity index (χ1v) is 6.31. The van der Waals surface area contributed by atoms with Crippen LogP contribution in [0.15, 0.2) is 48.7 Å². The first-order chi connectivity index (χ1) is 10.4. The molecule has 0 spiro atoms. The summed E-state index contributed by atoms with van der Waals surface area (Å²) < 4.78 is 38.0. The first-order valence-electron chi connectivity index (χ1n) is 6.31. The van der Waals surface area contributed by atoms with Crippen LogP contribution in [0.3, 0.4) is 0 Å². The summed E-state index contributed by atoms with van der Waals surface area (Å²) >= 11 is 0. The number of anilines is 1. The lowest BCUT2D eigenvalue weighted by molar-refractivity contribution is -0.137. The maximum atomic E-state index is 12.7. The number of hydrogen-bond acceptors (Lipinski definition) is 3. The van der Waals surface area contributed by atoms with Gasteiger partial charge in [-0.2, -0.15) is 18.3 Å². The fourth-order valence-corrected chi connectivity index (χ4v) is 1.75. The minimum Gasteiger partial charge on any atom is -0.306 e. The summed E-state index contributed by atoms with van der Waals surface area (Å²) in [4.78, 5) is 11.8. The van der Waals surface area contributed by atoms with Gasteiger partial charge in [-0.3, -0.25) is 4.79 Å². The van der Waals surface area contributed by atoms with E-state index in [1.54, 1.807) is 19.1 Å². The highest BCUT2D eigenvalue weighted by atomic mass is 19.4. The summed E-state index contributed by atoms with van der Waals surface area (Å²) in [5.41, 5.74) is -0.0244. The summed E-state index contributed by atoms with van der Waals surface area (Å²) in [6.07, 6.45) is -1.75. The summed E-state index contributed by atoms with van der Waals surface area (Å²) in [6.45, 7) is 1.56. The molecule has 0 aliphatic heterocycles. The molecular weight excluding hydrogens is 295 g/mol. The van der Waals surface area contributed by atoms with Crippen molar-refractivity contribution in [3.05, 3.63) is 59.8 Å². The van der Waals surface area contributed by atoms with Crippen LogP contribution in [0.4, 0.5) is 19.0 Å². The van der Waals surface area contributed by atoms with E-state index in [4.69, 9.17) is 0 Å². The molecule has 1 aromatic carbocycles. The molecule has 1 aromatic heterocycles. The number of carbonyl (C=O) groups excluding carboxylic acids is 1. The van der Waals surface area contributed by atoms with Gasteiger partial charge in [0.2, 0.25) is 5.91 Å². The number of benzene rings is 1. The molecule has 1 N–H and O–H groups in total. The second-order valence-electron chi connectivity index (χ2n) is 4.50. The van der Waals surface area contributed by atoms with Crippen LogP contribution in [-0.2, 0) is 11.0 Å². The van der Waals surface area contributed by atoms with E-state index in [1.807, 2.05) is 0 Å². The van der Waals surface area contributed by atoms with Crippen molar-refractivity contribution in [2.45, 2.75) is 13.1 Å². The SMILES string of the molecule is C/C(=C\C(=O)Nc1cccnn1)c1cccc(C(F)(F)F)c1. The second-order valence-corrected chi connectivity index (χ2v) is 4.50. The van der Waals surface area contributed by atoms with Gasteiger partial charge in [0.15, 0.2) is 5.82 Å². The monoisotopic (exact) mass is 307 g/mol. The van der Waals surface area contributed by atoms with E-state index in [2.05, 4.69) is 15.5 Å². The van der Waals surface area contributed by atoms with Crippen molar-refractivity contribution >= 4 is 17.3 Å². The molecule has 0 fully saturated rings. The zero-order valence-electron chi connectivity index (χ0n) is 11.6. The van der Waals surface area contributed by atoms with Gasteiger partial charge in [-0.15, -0.1) is 5.10 Å². The van der Waals surface area contributed by atoms with E-state index in [0.29, 0.717) is 11.1 Å². The van der Waals surface area contributed by atoms with Crippen molar-refractivity contribution in [2.24, 2.45) is 0 Å². The van der Waals surface area contributed by atoms with Crippen molar-refractivity contribution in [2.75, 3.05) is 5.32 Å². The van der Waals surface area contributed by atoms with E-state index in [0.717, 1.165) is 12.1 Å². The molecule has 2 aromatic rings. The number of alkyl halides is 3. The molecule has 0 aliphatic carbocycles. The Hall–Kier alpha value is -2.70. The smallest absolute Gasteiger partial charge is 0.306 e. The van der Waals surface area contributed by atoms with E-state index in [1.165, 1.54) is 24.4 Å². The van der Waals surface area contributed by atoms with Gasteiger partial charge < -0.3 is 5.32 Å². The van der Waals surface area contributed by atoms with Crippen molar-refractivity contribution in [3.63, 3.8) is 0 Å². The normalized spacial score (nSPS) is 12.1. The molecule has 1 amide bonds. The second kappa shape index (κ2) is 6.38. The first kappa shape index (κ1) is 15.7. The number of allylic oxidation sites excluding steroid dienone is 1. The van der Waals surface area contributed by atoms with Gasteiger partial charge in [0, 0.05) is 12.3 Å². The van der Waals surface area contributed by atoms with Crippen LogP contribution in [0.5, 0.6) is 0 Å². The lowest BCUT2D eigenvalue weighted by atomic mass is 10.0. The molecular formula is C15H12F3N3O. The lowest BCUT2D eigenvalue weighted by Gasteiger charge is -2.09. The van der Waals surface area contributed by atoms with Gasteiger partial charge >= 0.3 is 6.18 Å². The van der Waals surface area contributed by atoms with E-state index in [-0.39, 0.29) is 5.82 Å².